The third-order valence-electron chi connectivity index (χ3n) is 5.63. The Morgan fingerprint density at radius 3 is 2.61 bits per heavy atom. The monoisotopic (exact) mass is 422 g/mol. The molecular formula is C23H26N4O4. The number of fused-ring (bicyclic) bond motifs is 3. The van der Waals surface area contributed by atoms with E-state index >= 15 is 0 Å². The fourth-order valence-electron chi connectivity index (χ4n) is 3.78. The van der Waals surface area contributed by atoms with Gasteiger partial charge in [-0.15, -0.1) is 0 Å². The molecule has 8 heteroatoms. The number of pyridine rings is 1. The summed E-state index contributed by atoms with van der Waals surface area (Å²) in [5.41, 5.74) is 9.16. The predicted octanol–water partition coefficient (Wildman–Crippen LogP) is 2.61. The van der Waals surface area contributed by atoms with Crippen LogP contribution in [0.5, 0.6) is 5.75 Å². The highest BCUT2D eigenvalue weighted by Crippen LogP contribution is 2.37. The summed E-state index contributed by atoms with van der Waals surface area (Å²) in [6, 6.07) is 5.71. The first-order chi connectivity index (χ1) is 14.8. The highest BCUT2D eigenvalue weighted by molar-refractivity contribution is 6.11. The normalized spacial score (nSPS) is 15.9. The standard InChI is InChI=1S/C23H26N4O4/c1-13(2)26-11-14-6-18(15(9-24)10-25-16-4-5-16)22(31-3)7-17(14)20-8-21(28)19(23(29)30)12-27(20)26/h6-10,12-13,16H,4-5,11,24H2,1-3H3,(H,29,30). The average molecular weight is 422 g/mol. The number of carboxylic acid groups (broad SMARTS) is 1. The molecule has 4 rings (SSSR count). The number of carbonyl (C=O) groups is 1. The zero-order valence-corrected chi connectivity index (χ0v) is 17.8. The smallest absolute Gasteiger partial charge is 0.341 e. The Labute approximate surface area is 180 Å². The molecule has 1 aromatic heterocycles. The van der Waals surface area contributed by atoms with E-state index in [0.29, 0.717) is 24.0 Å². The molecule has 8 nitrogen and oxygen atoms in total. The van der Waals surface area contributed by atoms with Crippen LogP contribution >= 0.6 is 0 Å². The van der Waals surface area contributed by atoms with E-state index in [1.54, 1.807) is 18.0 Å². The number of rotatable bonds is 6. The minimum absolute atomic E-state index is 0.0718. The number of allylic oxidation sites excluding steroid dienone is 1. The Hall–Kier alpha value is -3.55. The van der Waals surface area contributed by atoms with Gasteiger partial charge in [-0.05, 0) is 44.4 Å². The lowest BCUT2D eigenvalue weighted by Crippen LogP contribution is -2.44. The molecule has 2 aliphatic rings. The van der Waals surface area contributed by atoms with Crippen LogP contribution in [0.15, 0.2) is 40.4 Å². The summed E-state index contributed by atoms with van der Waals surface area (Å²) in [5, 5.41) is 11.4. The SMILES string of the molecule is COc1cc2c(cc1C(C=NC1CC1)=CN)CN(C(C)C)n1cc(C(=O)O)c(=O)cc1-2. The summed E-state index contributed by atoms with van der Waals surface area (Å²) in [4.78, 5) is 28.5. The second kappa shape index (κ2) is 7.94. The number of aromatic carboxylic acids is 1. The number of carboxylic acids is 1. The number of nitrogens with zero attached hydrogens (tertiary/aromatic N) is 3. The first-order valence-electron chi connectivity index (χ1n) is 10.3. The average Bonchev–Trinajstić information content (AvgIpc) is 3.56. The number of aliphatic imine (C=N–C) groups is 1. The molecule has 1 saturated carbocycles. The van der Waals surface area contributed by atoms with E-state index in [-0.39, 0.29) is 11.6 Å². The minimum Gasteiger partial charge on any atom is -0.496 e. The second-order valence-corrected chi connectivity index (χ2v) is 8.12. The fourth-order valence-corrected chi connectivity index (χ4v) is 3.78. The van der Waals surface area contributed by atoms with Gasteiger partial charge < -0.3 is 20.6 Å². The maximum atomic E-state index is 12.5. The molecule has 2 aromatic rings. The zero-order chi connectivity index (χ0) is 22.3. The molecule has 0 bridgehead atoms. The van der Waals surface area contributed by atoms with Crippen LogP contribution in [0.4, 0.5) is 0 Å². The molecule has 1 fully saturated rings. The molecule has 0 spiro atoms. The van der Waals surface area contributed by atoms with Crippen molar-refractivity contribution in [2.75, 3.05) is 12.1 Å². The summed E-state index contributed by atoms with van der Waals surface area (Å²) in [7, 11) is 1.58. The highest BCUT2D eigenvalue weighted by Gasteiger charge is 2.27. The van der Waals surface area contributed by atoms with Crippen LogP contribution in [0.25, 0.3) is 16.8 Å². The van der Waals surface area contributed by atoms with E-state index in [1.165, 1.54) is 18.5 Å². The van der Waals surface area contributed by atoms with E-state index in [4.69, 9.17) is 10.5 Å². The van der Waals surface area contributed by atoms with Crippen LogP contribution in [0.2, 0.25) is 0 Å². The van der Waals surface area contributed by atoms with Gasteiger partial charge in [0.2, 0.25) is 0 Å². The fraction of sp³-hybridized carbons (Fsp3) is 0.348. The number of hydrogen-bond acceptors (Lipinski definition) is 6. The molecule has 1 aliphatic heterocycles. The molecule has 162 valence electrons. The van der Waals surface area contributed by atoms with Crippen LogP contribution in [0.1, 0.15) is 48.2 Å². The van der Waals surface area contributed by atoms with Crippen molar-refractivity contribution in [1.29, 1.82) is 0 Å². The summed E-state index contributed by atoms with van der Waals surface area (Å²) in [6.45, 7) is 4.58. The molecule has 0 amide bonds. The van der Waals surface area contributed by atoms with Gasteiger partial charge in [0.05, 0.1) is 25.4 Å². The van der Waals surface area contributed by atoms with Crippen LogP contribution in [0, 0.1) is 0 Å². The molecule has 31 heavy (non-hydrogen) atoms. The van der Waals surface area contributed by atoms with E-state index < -0.39 is 11.4 Å². The quantitative estimate of drug-likeness (QED) is 0.693. The predicted molar refractivity (Wildman–Crippen MR) is 120 cm³/mol. The van der Waals surface area contributed by atoms with Crippen molar-refractivity contribution < 1.29 is 14.6 Å². The topological polar surface area (TPSA) is 110 Å². The lowest BCUT2D eigenvalue weighted by molar-refractivity contribution is 0.0694. The van der Waals surface area contributed by atoms with Gasteiger partial charge in [0, 0.05) is 47.4 Å². The van der Waals surface area contributed by atoms with Crippen molar-refractivity contribution in [3.05, 3.63) is 57.5 Å². The van der Waals surface area contributed by atoms with Crippen molar-refractivity contribution in [2.45, 2.75) is 45.3 Å². The van der Waals surface area contributed by atoms with Gasteiger partial charge in [0.25, 0.3) is 0 Å². The van der Waals surface area contributed by atoms with Crippen molar-refractivity contribution in [3.63, 3.8) is 0 Å². The summed E-state index contributed by atoms with van der Waals surface area (Å²) in [5.74, 6) is -0.632. The molecule has 1 aromatic carbocycles. The largest absolute Gasteiger partial charge is 0.496 e. The third kappa shape index (κ3) is 3.81. The van der Waals surface area contributed by atoms with Crippen molar-refractivity contribution in [1.82, 2.24) is 4.68 Å². The Bertz CT molecular complexity index is 1160. The van der Waals surface area contributed by atoms with Crippen molar-refractivity contribution in [2.24, 2.45) is 10.7 Å². The van der Waals surface area contributed by atoms with Crippen molar-refractivity contribution in [3.8, 4) is 17.0 Å². The Balaban J connectivity index is 1.90. The molecule has 0 unspecified atom stereocenters. The number of methoxy groups -OCH3 is 1. The van der Waals surface area contributed by atoms with Crippen LogP contribution in [0.3, 0.4) is 0 Å². The number of nitrogens with two attached hydrogens (primary N) is 1. The zero-order valence-electron chi connectivity index (χ0n) is 17.8. The molecule has 3 N–H and O–H groups in total. The number of hydrogen-bond donors (Lipinski definition) is 2. The number of aromatic nitrogens is 1. The molecule has 0 radical (unpaired) electrons. The maximum absolute atomic E-state index is 12.5. The van der Waals surface area contributed by atoms with Gasteiger partial charge in [-0.1, -0.05) is 0 Å². The number of benzene rings is 1. The number of ether oxygens (including phenoxy) is 1. The highest BCUT2D eigenvalue weighted by atomic mass is 16.5. The van der Waals surface area contributed by atoms with Gasteiger partial charge in [-0.3, -0.25) is 14.5 Å². The van der Waals surface area contributed by atoms with Gasteiger partial charge in [0.15, 0.2) is 5.43 Å². The maximum Gasteiger partial charge on any atom is 0.341 e. The molecule has 2 heterocycles. The molecule has 1 aliphatic carbocycles. The van der Waals surface area contributed by atoms with Crippen LogP contribution in [-0.4, -0.2) is 41.2 Å². The Morgan fingerprint density at radius 1 is 1.29 bits per heavy atom. The second-order valence-electron chi connectivity index (χ2n) is 8.12. The van der Waals surface area contributed by atoms with E-state index in [9.17, 15) is 14.7 Å². The van der Waals surface area contributed by atoms with Gasteiger partial charge in [-0.2, -0.15) is 0 Å². The Kier molecular flexibility index (Phi) is 5.31. The van der Waals surface area contributed by atoms with Crippen molar-refractivity contribution >= 4 is 17.8 Å². The summed E-state index contributed by atoms with van der Waals surface area (Å²) < 4.78 is 7.40. The van der Waals surface area contributed by atoms with E-state index in [2.05, 4.69) is 4.99 Å². The van der Waals surface area contributed by atoms with Crippen LogP contribution in [-0.2, 0) is 6.54 Å². The Morgan fingerprint density at radius 2 is 2.03 bits per heavy atom. The first kappa shape index (κ1) is 20.7. The molecular weight excluding hydrogens is 396 g/mol. The lowest BCUT2D eigenvalue weighted by atomic mass is 9.94. The van der Waals surface area contributed by atoms with Gasteiger partial charge >= 0.3 is 5.97 Å². The van der Waals surface area contributed by atoms with E-state index in [0.717, 1.165) is 35.1 Å². The molecule has 0 saturated heterocycles. The third-order valence-corrected chi connectivity index (χ3v) is 5.63. The lowest BCUT2D eigenvalue weighted by Gasteiger charge is -2.38. The van der Waals surface area contributed by atoms with Crippen LogP contribution < -0.4 is 20.9 Å². The summed E-state index contributed by atoms with van der Waals surface area (Å²) >= 11 is 0. The minimum atomic E-state index is -1.24. The molecule has 0 atom stereocenters. The van der Waals surface area contributed by atoms with E-state index in [1.807, 2.05) is 31.0 Å². The first-order valence-corrected chi connectivity index (χ1v) is 10.3. The van der Waals surface area contributed by atoms with Gasteiger partial charge in [0.1, 0.15) is 11.3 Å². The summed E-state index contributed by atoms with van der Waals surface area (Å²) in [6.07, 6.45) is 6.92. The van der Waals surface area contributed by atoms with Gasteiger partial charge in [-0.25, -0.2) is 4.79 Å².